The van der Waals surface area contributed by atoms with E-state index in [1.807, 2.05) is 46.8 Å². The Labute approximate surface area is 220 Å². The molecule has 1 aliphatic rings. The minimum Gasteiger partial charge on any atom is -0.485 e. The van der Waals surface area contributed by atoms with Crippen molar-refractivity contribution in [2.75, 3.05) is 18.5 Å². The van der Waals surface area contributed by atoms with E-state index < -0.39 is 23.3 Å². The number of hydrogen-bond acceptors (Lipinski definition) is 8. The van der Waals surface area contributed by atoms with Crippen molar-refractivity contribution < 1.29 is 23.8 Å². The summed E-state index contributed by atoms with van der Waals surface area (Å²) in [6.07, 6.45) is 3.24. The molecule has 2 atom stereocenters. The van der Waals surface area contributed by atoms with E-state index in [-0.39, 0.29) is 19.2 Å². The smallest absolute Gasteiger partial charge is 0.407 e. The zero-order valence-corrected chi connectivity index (χ0v) is 22.6. The first-order chi connectivity index (χ1) is 17.4. The molecule has 2 unspecified atom stereocenters. The van der Waals surface area contributed by atoms with Crippen LogP contribution in [0.3, 0.4) is 0 Å². The summed E-state index contributed by atoms with van der Waals surface area (Å²) in [7, 11) is 0. The number of anilines is 1. The van der Waals surface area contributed by atoms with Crippen LogP contribution in [0.15, 0.2) is 30.6 Å². The molecule has 198 valence electrons. The van der Waals surface area contributed by atoms with Crippen molar-refractivity contribution in [3.8, 4) is 5.75 Å². The van der Waals surface area contributed by atoms with E-state index in [9.17, 15) is 9.59 Å². The monoisotopic (exact) mass is 529 g/mol. The zero-order chi connectivity index (χ0) is 27.0. The van der Waals surface area contributed by atoms with Gasteiger partial charge in [0, 0.05) is 28.8 Å². The molecule has 0 saturated carbocycles. The van der Waals surface area contributed by atoms with Crippen LogP contribution in [0.4, 0.5) is 10.6 Å². The number of carbonyl (C=O) groups is 2. The van der Waals surface area contributed by atoms with Gasteiger partial charge in [-0.3, -0.25) is 0 Å². The van der Waals surface area contributed by atoms with Gasteiger partial charge >= 0.3 is 12.1 Å². The molecule has 3 heterocycles. The number of esters is 1. The molecule has 0 fully saturated rings. The van der Waals surface area contributed by atoms with Crippen molar-refractivity contribution in [1.29, 1.82) is 0 Å². The second kappa shape index (κ2) is 10.1. The first-order valence-electron chi connectivity index (χ1n) is 12.1. The molecule has 1 aromatic carbocycles. The second-order valence-corrected chi connectivity index (χ2v) is 10.7. The maximum absolute atomic E-state index is 12.3. The molecule has 0 saturated heterocycles. The lowest BCUT2D eigenvalue weighted by Crippen LogP contribution is -2.45. The van der Waals surface area contributed by atoms with Gasteiger partial charge in [0.2, 0.25) is 0 Å². The lowest BCUT2D eigenvalue weighted by Gasteiger charge is -2.27. The lowest BCUT2D eigenvalue weighted by atomic mass is 9.97. The number of halogens is 1. The molecule has 11 heteroatoms. The Balaban J connectivity index is 1.52. The Morgan fingerprint density at radius 1 is 1.32 bits per heavy atom. The molecule has 37 heavy (non-hydrogen) atoms. The summed E-state index contributed by atoms with van der Waals surface area (Å²) in [5, 5.41) is 10.9. The zero-order valence-electron chi connectivity index (χ0n) is 21.8. The molecule has 0 aliphatic carbocycles. The molecule has 2 aromatic heterocycles. The van der Waals surface area contributed by atoms with Gasteiger partial charge in [0.1, 0.15) is 28.3 Å². The highest BCUT2D eigenvalue weighted by Gasteiger charge is 2.38. The minimum absolute atomic E-state index is 0.238. The number of amides is 1. The summed E-state index contributed by atoms with van der Waals surface area (Å²) < 4.78 is 18.4. The lowest BCUT2D eigenvalue weighted by molar-refractivity contribution is 0.0447. The van der Waals surface area contributed by atoms with Crippen LogP contribution in [0.25, 0.3) is 5.65 Å². The fourth-order valence-corrected chi connectivity index (χ4v) is 4.46. The maximum Gasteiger partial charge on any atom is 0.407 e. The van der Waals surface area contributed by atoms with Crippen LogP contribution in [0, 0.1) is 0 Å². The first kappa shape index (κ1) is 26.5. The van der Waals surface area contributed by atoms with E-state index >= 15 is 0 Å². The van der Waals surface area contributed by atoms with Gasteiger partial charge in [-0.25, -0.2) is 19.1 Å². The van der Waals surface area contributed by atoms with E-state index in [4.69, 9.17) is 25.8 Å². The maximum atomic E-state index is 12.3. The molecule has 10 nitrogen and oxygen atoms in total. The molecule has 0 bridgehead atoms. The summed E-state index contributed by atoms with van der Waals surface area (Å²) in [5.41, 5.74) is 1.24. The molecule has 2 N–H and O–H groups in total. The number of hydrogen-bond donors (Lipinski definition) is 2. The average molecular weight is 530 g/mol. The Morgan fingerprint density at radius 2 is 2.08 bits per heavy atom. The third-order valence-corrected chi connectivity index (χ3v) is 5.99. The van der Waals surface area contributed by atoms with E-state index in [0.29, 0.717) is 28.5 Å². The largest absolute Gasteiger partial charge is 0.485 e. The number of carbonyl (C=O) groups excluding carboxylic acids is 2. The van der Waals surface area contributed by atoms with E-state index in [1.165, 1.54) is 10.7 Å². The highest BCUT2D eigenvalue weighted by molar-refractivity contribution is 6.30. The molecule has 1 aliphatic heterocycles. The molecular weight excluding hydrogens is 498 g/mol. The molecule has 0 radical (unpaired) electrons. The molecule has 4 rings (SSSR count). The van der Waals surface area contributed by atoms with Crippen LogP contribution < -0.4 is 15.4 Å². The quantitative estimate of drug-likeness (QED) is 0.413. The Morgan fingerprint density at radius 3 is 2.78 bits per heavy atom. The van der Waals surface area contributed by atoms with Crippen molar-refractivity contribution >= 4 is 35.1 Å². The van der Waals surface area contributed by atoms with Gasteiger partial charge in [0.05, 0.1) is 25.4 Å². The van der Waals surface area contributed by atoms with Gasteiger partial charge in [-0.1, -0.05) is 11.6 Å². The third kappa shape index (κ3) is 6.07. The van der Waals surface area contributed by atoms with E-state index in [1.54, 1.807) is 19.2 Å². The highest BCUT2D eigenvalue weighted by atomic mass is 35.5. The highest BCUT2D eigenvalue weighted by Crippen LogP contribution is 2.42. The topological polar surface area (TPSA) is 116 Å². The van der Waals surface area contributed by atoms with Crippen molar-refractivity contribution in [3.05, 3.63) is 52.3 Å². The fourth-order valence-electron chi connectivity index (χ4n) is 4.21. The van der Waals surface area contributed by atoms with Crippen molar-refractivity contribution in [2.45, 2.75) is 65.2 Å². The molecule has 1 amide bonds. The predicted molar refractivity (Wildman–Crippen MR) is 139 cm³/mol. The van der Waals surface area contributed by atoms with Gasteiger partial charge in [0.15, 0.2) is 5.65 Å². The number of nitrogens with zero attached hydrogens (tertiary/aromatic N) is 3. The summed E-state index contributed by atoms with van der Waals surface area (Å²) >= 11 is 6.47. The SMILES string of the molecule is CCOC(=O)c1cnn2ccc(NC(C)c3cc(Cl)cc4c3OC(C)(CNC(=O)OC(C)(C)C)C4)nc12. The first-order valence-corrected chi connectivity index (χ1v) is 12.5. The number of alkyl carbamates (subject to hydrolysis) is 1. The number of ether oxygens (including phenoxy) is 3. The summed E-state index contributed by atoms with van der Waals surface area (Å²) in [5.74, 6) is 0.790. The van der Waals surface area contributed by atoms with Gasteiger partial charge in [-0.15, -0.1) is 0 Å². The molecule has 0 spiro atoms. The summed E-state index contributed by atoms with van der Waals surface area (Å²) in [6, 6.07) is 5.27. The van der Waals surface area contributed by atoms with Crippen LogP contribution >= 0.6 is 11.6 Å². The Hall–Kier alpha value is -3.53. The Bertz CT molecular complexity index is 1330. The van der Waals surface area contributed by atoms with Gasteiger partial charge in [-0.2, -0.15) is 5.10 Å². The fraction of sp³-hybridized carbons (Fsp3) is 0.462. The standard InChI is InChI=1S/C26H32ClN5O5/c1-7-35-23(33)19-13-29-32-9-8-20(31-22(19)32)30-15(2)18-11-17(27)10-16-12-26(6,36-21(16)18)14-28-24(34)37-25(3,4)5/h8-11,13,15H,7,12,14H2,1-6H3,(H,28,34)(H,30,31). The predicted octanol–water partition coefficient (Wildman–Crippen LogP) is 4.95. The van der Waals surface area contributed by atoms with E-state index in [0.717, 1.165) is 16.9 Å². The number of aromatic nitrogens is 3. The number of rotatable bonds is 7. The van der Waals surface area contributed by atoms with Crippen molar-refractivity contribution in [1.82, 2.24) is 19.9 Å². The van der Waals surface area contributed by atoms with Crippen molar-refractivity contribution in [3.63, 3.8) is 0 Å². The molecule has 3 aromatic rings. The van der Waals surface area contributed by atoms with Gasteiger partial charge in [-0.05, 0) is 59.7 Å². The van der Waals surface area contributed by atoms with Crippen LogP contribution in [0.1, 0.15) is 69.1 Å². The molecular formula is C26H32ClN5O5. The average Bonchev–Trinajstić information content (AvgIpc) is 3.36. The minimum atomic E-state index is -0.665. The Kier molecular flexibility index (Phi) is 7.23. The summed E-state index contributed by atoms with van der Waals surface area (Å²) in [6.45, 7) is 11.6. The second-order valence-electron chi connectivity index (χ2n) is 10.3. The van der Waals surface area contributed by atoms with Crippen molar-refractivity contribution in [2.24, 2.45) is 0 Å². The van der Waals surface area contributed by atoms with Gasteiger partial charge in [0.25, 0.3) is 0 Å². The van der Waals surface area contributed by atoms with Crippen LogP contribution in [0.2, 0.25) is 5.02 Å². The van der Waals surface area contributed by atoms with Crippen LogP contribution in [-0.2, 0) is 15.9 Å². The number of nitrogens with one attached hydrogen (secondary N) is 2. The normalized spacial score (nSPS) is 17.6. The number of fused-ring (bicyclic) bond motifs is 2. The van der Waals surface area contributed by atoms with Gasteiger partial charge < -0.3 is 24.8 Å². The third-order valence-electron chi connectivity index (χ3n) is 5.77. The summed E-state index contributed by atoms with van der Waals surface area (Å²) in [4.78, 5) is 29.0. The number of benzene rings is 1. The van der Waals surface area contributed by atoms with Crippen LogP contribution in [-0.4, -0.2) is 51.0 Å². The van der Waals surface area contributed by atoms with Crippen LogP contribution in [0.5, 0.6) is 5.75 Å². The van der Waals surface area contributed by atoms with E-state index in [2.05, 4.69) is 20.7 Å².